The monoisotopic (exact) mass is 434 g/mol. The number of fused-ring (bicyclic) bond motifs is 3. The fourth-order valence-corrected chi connectivity index (χ4v) is 5.51. The minimum atomic E-state index is -0.503. The fourth-order valence-electron chi connectivity index (χ4n) is 4.07. The van der Waals surface area contributed by atoms with Crippen LogP contribution in [0.5, 0.6) is 5.75 Å². The Kier molecular flexibility index (Phi) is 5.11. The number of anilines is 1. The highest BCUT2D eigenvalue weighted by Crippen LogP contribution is 2.42. The molecule has 7 heteroatoms. The fraction of sp³-hybridized carbons (Fsp3) is 0.250. The first-order valence-corrected chi connectivity index (χ1v) is 11.1. The van der Waals surface area contributed by atoms with Crippen molar-refractivity contribution in [3.63, 3.8) is 0 Å². The highest BCUT2D eigenvalue weighted by Gasteiger charge is 2.33. The lowest BCUT2D eigenvalue weighted by molar-refractivity contribution is -0.128. The van der Waals surface area contributed by atoms with E-state index < -0.39 is 5.97 Å². The van der Waals surface area contributed by atoms with Crippen LogP contribution in [0.15, 0.2) is 53.2 Å². The highest BCUT2D eigenvalue weighted by atomic mass is 32.1. The number of furan rings is 1. The second kappa shape index (κ2) is 8.07. The molecule has 5 rings (SSSR count). The zero-order valence-corrected chi connectivity index (χ0v) is 17.8. The van der Waals surface area contributed by atoms with Gasteiger partial charge >= 0.3 is 5.97 Å². The van der Waals surface area contributed by atoms with Crippen LogP contribution in [0.2, 0.25) is 0 Å². The Morgan fingerprint density at radius 3 is 3.00 bits per heavy atom. The number of carbonyl (C=O) groups excluding carboxylic acids is 2. The van der Waals surface area contributed by atoms with Crippen LogP contribution in [0.4, 0.5) is 5.00 Å². The van der Waals surface area contributed by atoms with Gasteiger partial charge in [0, 0.05) is 11.0 Å². The second-order valence-corrected chi connectivity index (χ2v) is 9.05. The summed E-state index contributed by atoms with van der Waals surface area (Å²) in [7, 11) is 0. The van der Waals surface area contributed by atoms with E-state index in [4.69, 9.17) is 9.15 Å². The topological polar surface area (TPSA) is 80.6 Å². The zero-order valence-electron chi connectivity index (χ0n) is 17.0. The SMILES string of the molecule is C[C@@H]1CCc2c(sc3c2C(=O)N[C@H](c2cccc(OC(=O)/C=C/c4ccco4)c2)N3)C1. The van der Waals surface area contributed by atoms with Gasteiger partial charge in [-0.2, -0.15) is 0 Å². The van der Waals surface area contributed by atoms with Crippen molar-refractivity contribution in [1.29, 1.82) is 0 Å². The molecule has 1 amide bonds. The summed E-state index contributed by atoms with van der Waals surface area (Å²) in [6, 6.07) is 10.7. The van der Waals surface area contributed by atoms with E-state index >= 15 is 0 Å². The Morgan fingerprint density at radius 2 is 2.16 bits per heavy atom. The minimum Gasteiger partial charge on any atom is -0.465 e. The van der Waals surface area contributed by atoms with Gasteiger partial charge in [0.15, 0.2) is 0 Å². The van der Waals surface area contributed by atoms with Crippen molar-refractivity contribution in [3.05, 3.63) is 76.1 Å². The number of hydrogen-bond acceptors (Lipinski definition) is 6. The molecular formula is C24H22N2O4S. The summed E-state index contributed by atoms with van der Waals surface area (Å²) in [6.07, 6.45) is 7.13. The van der Waals surface area contributed by atoms with Crippen molar-refractivity contribution < 1.29 is 18.7 Å². The molecule has 1 aliphatic carbocycles. The van der Waals surface area contributed by atoms with E-state index in [-0.39, 0.29) is 12.1 Å². The first kappa shape index (κ1) is 19.6. The average molecular weight is 435 g/mol. The number of nitrogens with one attached hydrogen (secondary N) is 2. The van der Waals surface area contributed by atoms with Gasteiger partial charge in [0.05, 0.1) is 11.8 Å². The number of hydrogen-bond donors (Lipinski definition) is 2. The maximum Gasteiger partial charge on any atom is 0.336 e. The Bertz CT molecular complexity index is 1160. The Labute approximate surface area is 183 Å². The quantitative estimate of drug-likeness (QED) is 0.345. The van der Waals surface area contributed by atoms with Crippen LogP contribution in [0, 0.1) is 5.92 Å². The van der Waals surface area contributed by atoms with E-state index in [1.165, 1.54) is 22.8 Å². The summed E-state index contributed by atoms with van der Waals surface area (Å²) in [5.41, 5.74) is 2.82. The maximum absolute atomic E-state index is 12.9. The van der Waals surface area contributed by atoms with Crippen molar-refractivity contribution in [3.8, 4) is 5.75 Å². The molecule has 3 aromatic rings. The molecule has 0 saturated carbocycles. The predicted molar refractivity (Wildman–Crippen MR) is 119 cm³/mol. The van der Waals surface area contributed by atoms with Crippen molar-refractivity contribution >= 4 is 34.3 Å². The van der Waals surface area contributed by atoms with Crippen LogP contribution in [0.3, 0.4) is 0 Å². The lowest BCUT2D eigenvalue weighted by Gasteiger charge is -2.27. The van der Waals surface area contributed by atoms with Gasteiger partial charge < -0.3 is 19.8 Å². The van der Waals surface area contributed by atoms with Crippen molar-refractivity contribution in [2.24, 2.45) is 5.92 Å². The Morgan fingerprint density at radius 1 is 1.26 bits per heavy atom. The summed E-state index contributed by atoms with van der Waals surface area (Å²) in [4.78, 5) is 26.3. The van der Waals surface area contributed by atoms with Gasteiger partial charge in [-0.1, -0.05) is 19.1 Å². The van der Waals surface area contributed by atoms with Crippen LogP contribution in [-0.2, 0) is 17.6 Å². The third-order valence-electron chi connectivity index (χ3n) is 5.63. The molecule has 2 aromatic heterocycles. The van der Waals surface area contributed by atoms with Crippen molar-refractivity contribution in [1.82, 2.24) is 5.32 Å². The molecule has 3 heterocycles. The van der Waals surface area contributed by atoms with Gasteiger partial charge in [-0.15, -0.1) is 11.3 Å². The van der Waals surface area contributed by atoms with Gasteiger partial charge in [0.1, 0.15) is 22.7 Å². The maximum atomic E-state index is 12.9. The van der Waals surface area contributed by atoms with E-state index in [9.17, 15) is 9.59 Å². The van der Waals surface area contributed by atoms with E-state index in [1.807, 2.05) is 6.07 Å². The van der Waals surface area contributed by atoms with Crippen LogP contribution in [-0.4, -0.2) is 11.9 Å². The molecule has 158 valence electrons. The first-order chi connectivity index (χ1) is 15.1. The van der Waals surface area contributed by atoms with Gasteiger partial charge in [-0.3, -0.25) is 4.79 Å². The summed E-state index contributed by atoms with van der Waals surface area (Å²) in [5.74, 6) is 1.09. The summed E-state index contributed by atoms with van der Waals surface area (Å²) >= 11 is 1.69. The smallest absolute Gasteiger partial charge is 0.336 e. The normalized spacial score (nSPS) is 20.0. The molecule has 0 radical (unpaired) electrons. The Balaban J connectivity index is 1.32. The zero-order chi connectivity index (χ0) is 21.4. The number of carbonyl (C=O) groups is 2. The third kappa shape index (κ3) is 4.01. The van der Waals surface area contributed by atoms with Crippen molar-refractivity contribution in [2.75, 3.05) is 5.32 Å². The molecular weight excluding hydrogens is 412 g/mol. The number of ether oxygens (including phenoxy) is 1. The number of benzene rings is 1. The molecule has 0 bridgehead atoms. The van der Waals surface area contributed by atoms with Crippen molar-refractivity contribution in [2.45, 2.75) is 32.4 Å². The highest BCUT2D eigenvalue weighted by molar-refractivity contribution is 7.16. The number of esters is 1. The molecule has 2 aliphatic rings. The summed E-state index contributed by atoms with van der Waals surface area (Å²) < 4.78 is 10.6. The van der Waals surface area contributed by atoms with Crippen LogP contribution in [0.1, 0.15) is 51.6 Å². The lowest BCUT2D eigenvalue weighted by Crippen LogP contribution is -2.38. The van der Waals surface area contributed by atoms with Crippen LogP contribution >= 0.6 is 11.3 Å². The average Bonchev–Trinajstić information content (AvgIpc) is 3.39. The van der Waals surface area contributed by atoms with Crippen LogP contribution in [0.25, 0.3) is 6.08 Å². The first-order valence-electron chi connectivity index (χ1n) is 10.3. The van der Waals surface area contributed by atoms with Crippen LogP contribution < -0.4 is 15.4 Å². The van der Waals surface area contributed by atoms with E-state index in [0.717, 1.165) is 35.4 Å². The molecule has 1 aromatic carbocycles. The summed E-state index contributed by atoms with van der Waals surface area (Å²) in [6.45, 7) is 2.26. The van der Waals surface area contributed by atoms with Gasteiger partial charge in [-0.05, 0) is 66.6 Å². The molecule has 0 unspecified atom stereocenters. The largest absolute Gasteiger partial charge is 0.465 e. The number of amides is 1. The molecule has 31 heavy (non-hydrogen) atoms. The lowest BCUT2D eigenvalue weighted by atomic mass is 9.88. The third-order valence-corrected chi connectivity index (χ3v) is 6.81. The molecule has 2 N–H and O–H groups in total. The standard InChI is InChI=1S/C24H22N2O4S/c1-14-7-9-18-19(12-14)31-24-21(18)23(28)25-22(26-24)15-4-2-5-17(13-15)30-20(27)10-8-16-6-3-11-29-16/h2-6,8,10-11,13-14,22,26H,7,9,12H2,1H3,(H,25,28)/b10-8+/t14-,22+/m1/s1. The molecule has 0 spiro atoms. The number of thiophene rings is 1. The van der Waals surface area contributed by atoms with Gasteiger partial charge in [-0.25, -0.2) is 4.79 Å². The molecule has 2 atom stereocenters. The van der Waals surface area contributed by atoms with Gasteiger partial charge in [0.25, 0.3) is 5.91 Å². The predicted octanol–water partition coefficient (Wildman–Crippen LogP) is 4.94. The Hall–Kier alpha value is -3.32. The van der Waals surface area contributed by atoms with E-state index in [0.29, 0.717) is 17.4 Å². The molecule has 6 nitrogen and oxygen atoms in total. The van der Waals surface area contributed by atoms with E-state index in [2.05, 4.69) is 17.6 Å². The van der Waals surface area contributed by atoms with Gasteiger partial charge in [0.2, 0.25) is 0 Å². The molecule has 1 aliphatic heterocycles. The summed E-state index contributed by atoms with van der Waals surface area (Å²) in [5, 5.41) is 7.44. The minimum absolute atomic E-state index is 0.0467. The molecule has 0 saturated heterocycles. The number of rotatable bonds is 4. The van der Waals surface area contributed by atoms with E-state index in [1.54, 1.807) is 47.7 Å². The molecule has 0 fully saturated rings. The second-order valence-electron chi connectivity index (χ2n) is 7.95.